The summed E-state index contributed by atoms with van der Waals surface area (Å²) in [6, 6.07) is 20.5. The lowest BCUT2D eigenvalue weighted by atomic mass is 10.0. The van der Waals surface area contributed by atoms with Crippen molar-refractivity contribution in [2.45, 2.75) is 45.5 Å². The molecule has 2 heterocycles. The largest absolute Gasteiger partial charge is 0.573 e. The number of aromatic nitrogens is 3. The minimum Gasteiger partial charge on any atom is -0.406 e. The average Bonchev–Trinajstić information content (AvgIpc) is 3.66. The SMILES string of the molecule is CCC(NC(=O)N=C1SCCN1c1ccccc1C(C)C)c1ccc(-c2ncn(-c3ccc(OC(F)(F)F)cc3)n2)cc1. The van der Waals surface area contributed by atoms with Crippen molar-refractivity contribution in [1.29, 1.82) is 0 Å². The Hall–Kier alpha value is -4.32. The van der Waals surface area contributed by atoms with Gasteiger partial charge in [-0.2, -0.15) is 4.99 Å². The fourth-order valence-electron chi connectivity index (χ4n) is 4.81. The van der Waals surface area contributed by atoms with Crippen LogP contribution >= 0.6 is 11.8 Å². The van der Waals surface area contributed by atoms with Gasteiger partial charge in [-0.15, -0.1) is 18.3 Å². The predicted octanol–water partition coefficient (Wildman–Crippen LogP) is 7.73. The number of urea groups is 1. The molecule has 4 aromatic rings. The molecule has 1 N–H and O–H groups in total. The highest BCUT2D eigenvalue weighted by atomic mass is 32.2. The van der Waals surface area contributed by atoms with Crippen LogP contribution in [-0.4, -0.2) is 44.6 Å². The van der Waals surface area contributed by atoms with Gasteiger partial charge in [0.15, 0.2) is 11.0 Å². The molecule has 0 radical (unpaired) electrons. The number of amidine groups is 1. The van der Waals surface area contributed by atoms with Gasteiger partial charge in [0.25, 0.3) is 0 Å². The van der Waals surface area contributed by atoms with Crippen LogP contribution in [0.15, 0.2) is 84.1 Å². The molecule has 224 valence electrons. The first-order valence-electron chi connectivity index (χ1n) is 13.9. The van der Waals surface area contributed by atoms with E-state index in [0.717, 1.165) is 29.1 Å². The Kier molecular flexibility index (Phi) is 9.05. The van der Waals surface area contributed by atoms with E-state index in [9.17, 15) is 18.0 Å². The molecule has 43 heavy (non-hydrogen) atoms. The number of anilines is 1. The van der Waals surface area contributed by atoms with Gasteiger partial charge in [0.1, 0.15) is 12.1 Å². The number of thioether (sulfide) groups is 1. The number of para-hydroxylation sites is 1. The lowest BCUT2D eigenvalue weighted by Gasteiger charge is -2.23. The van der Waals surface area contributed by atoms with Gasteiger partial charge in [-0.25, -0.2) is 14.5 Å². The van der Waals surface area contributed by atoms with Crippen molar-refractivity contribution < 1.29 is 22.7 Å². The molecule has 1 saturated heterocycles. The highest BCUT2D eigenvalue weighted by molar-refractivity contribution is 8.14. The number of nitrogens with one attached hydrogen (secondary N) is 1. The van der Waals surface area contributed by atoms with Crippen LogP contribution in [0, 0.1) is 0 Å². The molecule has 1 unspecified atom stereocenters. The highest BCUT2D eigenvalue weighted by Gasteiger charge is 2.31. The molecule has 2 amide bonds. The van der Waals surface area contributed by atoms with E-state index in [1.807, 2.05) is 43.3 Å². The van der Waals surface area contributed by atoms with E-state index in [0.29, 0.717) is 29.0 Å². The van der Waals surface area contributed by atoms with Crippen LogP contribution in [0.4, 0.5) is 23.7 Å². The van der Waals surface area contributed by atoms with Crippen LogP contribution < -0.4 is 15.0 Å². The molecule has 1 fully saturated rings. The summed E-state index contributed by atoms with van der Waals surface area (Å²) in [5, 5.41) is 8.19. The number of carbonyl (C=O) groups is 1. The first kappa shape index (κ1) is 30.1. The van der Waals surface area contributed by atoms with Crippen molar-refractivity contribution in [3.05, 3.63) is 90.3 Å². The number of rotatable bonds is 8. The first-order chi connectivity index (χ1) is 20.6. The van der Waals surface area contributed by atoms with Gasteiger partial charge >= 0.3 is 12.4 Å². The second-order valence-corrected chi connectivity index (χ2v) is 11.3. The van der Waals surface area contributed by atoms with E-state index in [1.165, 1.54) is 40.8 Å². The maximum Gasteiger partial charge on any atom is 0.573 e. The topological polar surface area (TPSA) is 84.6 Å². The molecular weight excluding hydrogens is 577 g/mol. The van der Waals surface area contributed by atoms with Crippen LogP contribution in [0.3, 0.4) is 0 Å². The van der Waals surface area contributed by atoms with E-state index >= 15 is 0 Å². The third-order valence-corrected chi connectivity index (χ3v) is 7.88. The molecule has 12 heteroatoms. The summed E-state index contributed by atoms with van der Waals surface area (Å²) in [7, 11) is 0. The molecule has 1 aliphatic heterocycles. The molecule has 3 aromatic carbocycles. The minimum absolute atomic E-state index is 0.239. The Labute approximate surface area is 252 Å². The number of benzene rings is 3. The highest BCUT2D eigenvalue weighted by Crippen LogP contribution is 2.33. The zero-order valence-corrected chi connectivity index (χ0v) is 24.7. The smallest absolute Gasteiger partial charge is 0.406 e. The molecular formula is C31H31F3N6O2S. The third kappa shape index (κ3) is 7.37. The van der Waals surface area contributed by atoms with Gasteiger partial charge in [0, 0.05) is 23.5 Å². The van der Waals surface area contributed by atoms with Crippen LogP contribution in [0.1, 0.15) is 50.3 Å². The van der Waals surface area contributed by atoms with Gasteiger partial charge in [-0.05, 0) is 53.8 Å². The average molecular weight is 609 g/mol. The van der Waals surface area contributed by atoms with Gasteiger partial charge in [-0.3, -0.25) is 0 Å². The van der Waals surface area contributed by atoms with E-state index in [1.54, 1.807) is 11.8 Å². The monoisotopic (exact) mass is 608 g/mol. The van der Waals surface area contributed by atoms with Crippen molar-refractivity contribution in [3.8, 4) is 22.8 Å². The molecule has 0 spiro atoms. The molecule has 1 aliphatic rings. The number of carbonyl (C=O) groups excluding carboxylic acids is 1. The van der Waals surface area contributed by atoms with Crippen molar-refractivity contribution in [2.24, 2.45) is 4.99 Å². The maximum atomic E-state index is 13.0. The zero-order valence-electron chi connectivity index (χ0n) is 23.9. The van der Waals surface area contributed by atoms with E-state index in [4.69, 9.17) is 0 Å². The van der Waals surface area contributed by atoms with E-state index < -0.39 is 6.36 Å². The Morgan fingerprint density at radius 2 is 1.79 bits per heavy atom. The quantitative estimate of drug-likeness (QED) is 0.220. The molecule has 1 aromatic heterocycles. The van der Waals surface area contributed by atoms with Crippen molar-refractivity contribution in [1.82, 2.24) is 20.1 Å². The standard InChI is InChI=1S/C31H31F3N6O2S/c1-4-26(36-29(41)37-30-39(17-18-43-30)27-8-6-5-7-25(27)20(2)3)21-9-11-22(12-10-21)28-35-19-40(38-28)23-13-15-24(16-14-23)42-31(32,33)34/h5-16,19-20,26H,4,17-18H2,1-3H3,(H,36,41). The first-order valence-corrected chi connectivity index (χ1v) is 14.9. The van der Waals surface area contributed by atoms with Crippen molar-refractivity contribution in [3.63, 3.8) is 0 Å². The third-order valence-electron chi connectivity index (χ3n) is 6.93. The molecule has 5 rings (SSSR count). The fourth-order valence-corrected chi connectivity index (χ4v) is 5.76. The Balaban J connectivity index is 1.25. The number of halogens is 3. The lowest BCUT2D eigenvalue weighted by molar-refractivity contribution is -0.274. The lowest BCUT2D eigenvalue weighted by Crippen LogP contribution is -2.30. The van der Waals surface area contributed by atoms with Gasteiger partial charge in [0.05, 0.1) is 11.7 Å². The maximum absolute atomic E-state index is 13.0. The Bertz CT molecular complexity index is 1590. The Morgan fingerprint density at radius 3 is 2.47 bits per heavy atom. The number of ether oxygens (including phenoxy) is 1. The molecule has 1 atom stereocenters. The number of aliphatic imine (C=N–C) groups is 1. The summed E-state index contributed by atoms with van der Waals surface area (Å²) in [6.07, 6.45) is -2.59. The second-order valence-electron chi connectivity index (χ2n) is 10.2. The van der Waals surface area contributed by atoms with Crippen LogP contribution in [-0.2, 0) is 0 Å². The Morgan fingerprint density at radius 1 is 1.07 bits per heavy atom. The predicted molar refractivity (Wildman–Crippen MR) is 163 cm³/mol. The molecule has 8 nitrogen and oxygen atoms in total. The van der Waals surface area contributed by atoms with Crippen molar-refractivity contribution >= 4 is 28.6 Å². The normalized spacial score (nSPS) is 15.2. The summed E-state index contributed by atoms with van der Waals surface area (Å²) >= 11 is 1.58. The van der Waals surface area contributed by atoms with Crippen LogP contribution in [0.25, 0.3) is 17.1 Å². The van der Waals surface area contributed by atoms with E-state index in [2.05, 4.69) is 56.0 Å². The molecule has 0 bridgehead atoms. The van der Waals surface area contributed by atoms with Crippen molar-refractivity contribution in [2.75, 3.05) is 17.2 Å². The number of hydrogen-bond acceptors (Lipinski definition) is 5. The molecule has 0 saturated carbocycles. The van der Waals surface area contributed by atoms with Gasteiger partial charge in [-0.1, -0.05) is 75.0 Å². The summed E-state index contributed by atoms with van der Waals surface area (Å²) in [4.78, 5) is 23.9. The van der Waals surface area contributed by atoms with Gasteiger partial charge < -0.3 is 15.0 Å². The summed E-state index contributed by atoms with van der Waals surface area (Å²) in [5.74, 6) is 1.35. The second kappa shape index (κ2) is 12.9. The molecule has 0 aliphatic carbocycles. The van der Waals surface area contributed by atoms with Gasteiger partial charge in [0.2, 0.25) is 0 Å². The minimum atomic E-state index is -4.75. The summed E-state index contributed by atoms with van der Waals surface area (Å²) < 4.78 is 42.7. The van der Waals surface area contributed by atoms with E-state index in [-0.39, 0.29) is 17.8 Å². The number of alkyl halides is 3. The van der Waals surface area contributed by atoms with Crippen LogP contribution in [0.5, 0.6) is 5.75 Å². The number of amides is 2. The number of hydrogen-bond donors (Lipinski definition) is 1. The fraction of sp³-hybridized carbons (Fsp3) is 0.290. The summed E-state index contributed by atoms with van der Waals surface area (Å²) in [6.45, 7) is 7.10. The van der Waals surface area contributed by atoms with Crippen LogP contribution in [0.2, 0.25) is 0 Å². The zero-order chi connectivity index (χ0) is 30.6. The number of nitrogens with zero attached hydrogens (tertiary/aromatic N) is 5. The summed E-state index contributed by atoms with van der Waals surface area (Å²) in [5.41, 5.74) is 4.51.